The van der Waals surface area contributed by atoms with E-state index in [4.69, 9.17) is 0 Å². The molecular formula is C10H13N3. The summed E-state index contributed by atoms with van der Waals surface area (Å²) in [5, 5.41) is 7.03. The molecule has 3 heteroatoms. The third kappa shape index (κ3) is 1.93. The number of allylic oxidation sites excluding steroid dienone is 1. The van der Waals surface area contributed by atoms with Crippen LogP contribution in [0.25, 0.3) is 11.6 Å². The maximum Gasteiger partial charge on any atom is 0.0947 e. The van der Waals surface area contributed by atoms with Gasteiger partial charge in [-0.1, -0.05) is 6.58 Å². The molecule has 0 aliphatic carbocycles. The number of H-pyrrole nitrogens is 1. The van der Waals surface area contributed by atoms with Crippen LogP contribution in [0.1, 0.15) is 23.9 Å². The van der Waals surface area contributed by atoms with Gasteiger partial charge in [-0.25, -0.2) is 0 Å². The van der Waals surface area contributed by atoms with Crippen LogP contribution in [0.5, 0.6) is 0 Å². The summed E-state index contributed by atoms with van der Waals surface area (Å²) >= 11 is 0. The van der Waals surface area contributed by atoms with Crippen molar-refractivity contribution in [1.29, 1.82) is 0 Å². The summed E-state index contributed by atoms with van der Waals surface area (Å²) < 4.78 is 0. The SMILES string of the molecule is C=N/C=C\c1c(C(=C)C)n[nH]c1C. The lowest BCUT2D eigenvalue weighted by molar-refractivity contribution is 1.03. The number of aromatic nitrogens is 2. The summed E-state index contributed by atoms with van der Waals surface area (Å²) in [5.74, 6) is 0. The van der Waals surface area contributed by atoms with Crippen LogP contribution in [-0.2, 0) is 0 Å². The van der Waals surface area contributed by atoms with Gasteiger partial charge in [0, 0.05) is 17.5 Å². The van der Waals surface area contributed by atoms with Gasteiger partial charge in [0.15, 0.2) is 0 Å². The van der Waals surface area contributed by atoms with Crippen molar-refractivity contribution in [3.63, 3.8) is 0 Å². The minimum atomic E-state index is 0.886. The zero-order valence-electron chi connectivity index (χ0n) is 7.96. The van der Waals surface area contributed by atoms with E-state index in [1.54, 1.807) is 6.20 Å². The Morgan fingerprint density at radius 2 is 2.31 bits per heavy atom. The van der Waals surface area contributed by atoms with Crippen molar-refractivity contribution in [3.05, 3.63) is 29.7 Å². The first-order valence-corrected chi connectivity index (χ1v) is 4.00. The highest BCUT2D eigenvalue weighted by Gasteiger charge is 2.06. The standard InChI is InChI=1S/C10H13N3/c1-7(2)10-9(5-6-11-4)8(3)12-13-10/h5-6H,1,4H2,2-3H3,(H,12,13)/b6-5-. The lowest BCUT2D eigenvalue weighted by Gasteiger charge is -1.95. The van der Waals surface area contributed by atoms with Crippen molar-refractivity contribution >= 4 is 18.4 Å². The minimum absolute atomic E-state index is 0.886. The summed E-state index contributed by atoms with van der Waals surface area (Å²) in [6, 6.07) is 0. The lowest BCUT2D eigenvalue weighted by atomic mass is 10.1. The van der Waals surface area contributed by atoms with Crippen LogP contribution in [0.15, 0.2) is 17.8 Å². The Balaban J connectivity index is 3.15. The molecule has 3 nitrogen and oxygen atoms in total. The normalized spacial score (nSPS) is 10.6. The molecule has 0 aromatic carbocycles. The quantitative estimate of drug-likeness (QED) is 0.704. The molecule has 68 valence electrons. The van der Waals surface area contributed by atoms with E-state index in [0.29, 0.717) is 0 Å². The smallest absolute Gasteiger partial charge is 0.0947 e. The predicted octanol–water partition coefficient (Wildman–Crippen LogP) is 2.42. The average Bonchev–Trinajstić information content (AvgIpc) is 2.43. The zero-order valence-corrected chi connectivity index (χ0v) is 7.96. The fraction of sp³-hybridized carbons (Fsp3) is 0.200. The first kappa shape index (κ1) is 9.45. The Morgan fingerprint density at radius 1 is 1.62 bits per heavy atom. The summed E-state index contributed by atoms with van der Waals surface area (Å²) in [6.07, 6.45) is 3.51. The van der Waals surface area contributed by atoms with Gasteiger partial charge in [-0.05, 0) is 32.2 Å². The topological polar surface area (TPSA) is 41.0 Å². The molecule has 13 heavy (non-hydrogen) atoms. The van der Waals surface area contributed by atoms with E-state index in [9.17, 15) is 0 Å². The fourth-order valence-corrected chi connectivity index (χ4v) is 1.09. The third-order valence-electron chi connectivity index (χ3n) is 1.75. The Bertz CT molecular complexity index is 358. The number of aliphatic imine (C=N–C) groups is 1. The van der Waals surface area contributed by atoms with Crippen molar-refractivity contribution in [2.24, 2.45) is 4.99 Å². The van der Waals surface area contributed by atoms with Gasteiger partial charge >= 0.3 is 0 Å². The van der Waals surface area contributed by atoms with Crippen LogP contribution in [0, 0.1) is 6.92 Å². The molecular weight excluding hydrogens is 162 g/mol. The molecule has 0 amide bonds. The second-order valence-electron chi connectivity index (χ2n) is 2.89. The average molecular weight is 175 g/mol. The van der Waals surface area contributed by atoms with E-state index < -0.39 is 0 Å². The summed E-state index contributed by atoms with van der Waals surface area (Å²) in [5.41, 5.74) is 3.86. The van der Waals surface area contributed by atoms with Gasteiger partial charge in [0.1, 0.15) is 0 Å². The van der Waals surface area contributed by atoms with Crippen LogP contribution in [0.4, 0.5) is 0 Å². The third-order valence-corrected chi connectivity index (χ3v) is 1.75. The second kappa shape index (κ2) is 3.85. The zero-order chi connectivity index (χ0) is 9.84. The lowest BCUT2D eigenvalue weighted by Crippen LogP contribution is -1.81. The number of rotatable bonds is 3. The summed E-state index contributed by atoms with van der Waals surface area (Å²) in [6.45, 7) is 11.1. The fourth-order valence-electron chi connectivity index (χ4n) is 1.09. The second-order valence-corrected chi connectivity index (χ2v) is 2.89. The van der Waals surface area contributed by atoms with Crippen molar-refractivity contribution in [2.75, 3.05) is 0 Å². The molecule has 1 aromatic rings. The molecule has 1 rings (SSSR count). The monoisotopic (exact) mass is 175 g/mol. The molecule has 0 aliphatic rings. The van der Waals surface area contributed by atoms with Gasteiger partial charge in [0.25, 0.3) is 0 Å². The summed E-state index contributed by atoms with van der Waals surface area (Å²) in [7, 11) is 0. The van der Waals surface area contributed by atoms with E-state index in [1.165, 1.54) is 0 Å². The molecule has 0 bridgehead atoms. The first-order chi connectivity index (χ1) is 6.16. The van der Waals surface area contributed by atoms with Crippen molar-refractivity contribution in [3.8, 4) is 0 Å². The first-order valence-electron chi connectivity index (χ1n) is 4.00. The molecule has 0 atom stereocenters. The number of nitrogens with zero attached hydrogens (tertiary/aromatic N) is 2. The Labute approximate surface area is 77.9 Å². The molecule has 0 saturated heterocycles. The van der Waals surface area contributed by atoms with Gasteiger partial charge in [-0.3, -0.25) is 10.1 Å². The highest BCUT2D eigenvalue weighted by molar-refractivity contribution is 5.70. The van der Waals surface area contributed by atoms with E-state index in [2.05, 4.69) is 28.5 Å². The van der Waals surface area contributed by atoms with Crippen LogP contribution in [-0.4, -0.2) is 16.9 Å². The number of hydrogen-bond acceptors (Lipinski definition) is 2. The molecule has 0 unspecified atom stereocenters. The number of nitrogens with one attached hydrogen (secondary N) is 1. The van der Waals surface area contributed by atoms with Crippen molar-refractivity contribution in [1.82, 2.24) is 10.2 Å². The molecule has 0 spiro atoms. The highest BCUT2D eigenvalue weighted by atomic mass is 15.1. The molecule has 0 radical (unpaired) electrons. The van der Waals surface area contributed by atoms with Gasteiger partial charge < -0.3 is 0 Å². The van der Waals surface area contributed by atoms with Crippen LogP contribution >= 0.6 is 0 Å². The predicted molar refractivity (Wildman–Crippen MR) is 56.6 cm³/mol. The van der Waals surface area contributed by atoms with Crippen LogP contribution in [0.2, 0.25) is 0 Å². The maximum atomic E-state index is 4.13. The number of hydrogen-bond donors (Lipinski definition) is 1. The van der Waals surface area contributed by atoms with Crippen LogP contribution < -0.4 is 0 Å². The van der Waals surface area contributed by atoms with E-state index >= 15 is 0 Å². The molecule has 0 saturated carbocycles. The van der Waals surface area contributed by atoms with E-state index in [1.807, 2.05) is 19.9 Å². The maximum absolute atomic E-state index is 4.13. The van der Waals surface area contributed by atoms with Crippen molar-refractivity contribution in [2.45, 2.75) is 13.8 Å². The Kier molecular flexibility index (Phi) is 2.80. The van der Waals surface area contributed by atoms with E-state index in [-0.39, 0.29) is 0 Å². The van der Waals surface area contributed by atoms with Gasteiger partial charge in [0.2, 0.25) is 0 Å². The molecule has 1 N–H and O–H groups in total. The minimum Gasteiger partial charge on any atom is -0.282 e. The van der Waals surface area contributed by atoms with Gasteiger partial charge in [-0.15, -0.1) is 0 Å². The Morgan fingerprint density at radius 3 is 2.85 bits per heavy atom. The van der Waals surface area contributed by atoms with Crippen LogP contribution in [0.3, 0.4) is 0 Å². The van der Waals surface area contributed by atoms with Crippen molar-refractivity contribution < 1.29 is 0 Å². The van der Waals surface area contributed by atoms with E-state index in [0.717, 1.165) is 22.5 Å². The molecule has 0 fully saturated rings. The molecule has 0 aliphatic heterocycles. The largest absolute Gasteiger partial charge is 0.282 e. The van der Waals surface area contributed by atoms with Gasteiger partial charge in [0.05, 0.1) is 5.69 Å². The van der Waals surface area contributed by atoms with Gasteiger partial charge in [-0.2, -0.15) is 5.10 Å². The number of aryl methyl sites for hydroxylation is 1. The summed E-state index contributed by atoms with van der Waals surface area (Å²) in [4.78, 5) is 3.65. The Hall–Kier alpha value is -1.64. The molecule has 1 aromatic heterocycles. The number of aromatic amines is 1. The molecule has 1 heterocycles. The highest BCUT2D eigenvalue weighted by Crippen LogP contribution is 2.18.